The fourth-order valence-electron chi connectivity index (χ4n) is 1.60. The SMILES string of the molecule is [C]1OCCCC1C1CSCCS1. The Hall–Kier alpha value is 0.660. The Balaban J connectivity index is 1.80. The summed E-state index contributed by atoms with van der Waals surface area (Å²) in [5.41, 5.74) is 0. The van der Waals surface area contributed by atoms with E-state index in [0.29, 0.717) is 5.92 Å². The highest BCUT2D eigenvalue weighted by molar-refractivity contribution is 8.06. The molecule has 0 saturated carbocycles. The molecule has 0 aromatic rings. The van der Waals surface area contributed by atoms with Gasteiger partial charge in [0.2, 0.25) is 0 Å². The van der Waals surface area contributed by atoms with Crippen LogP contribution in [0.2, 0.25) is 0 Å². The van der Waals surface area contributed by atoms with Crippen molar-refractivity contribution in [2.45, 2.75) is 18.1 Å². The topological polar surface area (TPSA) is 9.23 Å². The Kier molecular flexibility index (Phi) is 3.67. The zero-order valence-corrected chi connectivity index (χ0v) is 8.76. The lowest BCUT2D eigenvalue weighted by Gasteiger charge is -2.30. The van der Waals surface area contributed by atoms with Crippen molar-refractivity contribution in [3.8, 4) is 0 Å². The Morgan fingerprint density at radius 3 is 3.00 bits per heavy atom. The molecule has 12 heavy (non-hydrogen) atoms. The van der Waals surface area contributed by atoms with E-state index in [0.717, 1.165) is 11.9 Å². The molecule has 0 aromatic heterocycles. The third-order valence-corrected chi connectivity index (χ3v) is 5.21. The molecule has 2 rings (SSSR count). The van der Waals surface area contributed by atoms with Gasteiger partial charge in [-0.3, -0.25) is 0 Å². The van der Waals surface area contributed by atoms with Crippen LogP contribution in [0.25, 0.3) is 0 Å². The summed E-state index contributed by atoms with van der Waals surface area (Å²) < 4.78 is 5.26. The average molecular weight is 202 g/mol. The standard InChI is InChI=1S/C9H14OS2/c1-2-8(6-10-3-1)9-7-11-4-5-12-9/h8-9H,1-5,7H2. The van der Waals surface area contributed by atoms with Gasteiger partial charge in [0.15, 0.2) is 0 Å². The molecule has 2 aliphatic heterocycles. The van der Waals surface area contributed by atoms with Gasteiger partial charge in [0.1, 0.15) is 6.61 Å². The van der Waals surface area contributed by atoms with E-state index in [4.69, 9.17) is 4.74 Å². The van der Waals surface area contributed by atoms with E-state index >= 15 is 0 Å². The summed E-state index contributed by atoms with van der Waals surface area (Å²) in [5.74, 6) is 4.55. The molecule has 2 unspecified atom stereocenters. The van der Waals surface area contributed by atoms with Crippen LogP contribution in [-0.2, 0) is 4.74 Å². The molecule has 2 fully saturated rings. The Bertz CT molecular complexity index is 112. The molecule has 2 saturated heterocycles. The summed E-state index contributed by atoms with van der Waals surface area (Å²) in [6.07, 6.45) is 2.51. The monoisotopic (exact) mass is 202 g/mol. The van der Waals surface area contributed by atoms with E-state index in [-0.39, 0.29) is 0 Å². The van der Waals surface area contributed by atoms with Gasteiger partial charge in [-0.1, -0.05) is 0 Å². The second-order valence-electron chi connectivity index (χ2n) is 3.20. The van der Waals surface area contributed by atoms with Crippen LogP contribution in [0, 0.1) is 12.5 Å². The summed E-state index contributed by atoms with van der Waals surface area (Å²) in [7, 11) is 0. The van der Waals surface area contributed by atoms with Crippen molar-refractivity contribution in [1.29, 1.82) is 0 Å². The number of hydrogen-bond acceptors (Lipinski definition) is 3. The van der Waals surface area contributed by atoms with Crippen molar-refractivity contribution < 1.29 is 4.74 Å². The van der Waals surface area contributed by atoms with Gasteiger partial charge in [0.05, 0.1) is 0 Å². The van der Waals surface area contributed by atoms with Crippen LogP contribution in [0.5, 0.6) is 0 Å². The van der Waals surface area contributed by atoms with Gasteiger partial charge in [-0.2, -0.15) is 23.5 Å². The number of hydrogen-bond donors (Lipinski definition) is 0. The molecule has 0 aromatic carbocycles. The largest absolute Gasteiger partial charge is 0.368 e. The van der Waals surface area contributed by atoms with Crippen LogP contribution >= 0.6 is 23.5 Å². The third kappa shape index (κ3) is 2.33. The molecule has 0 bridgehead atoms. The van der Waals surface area contributed by atoms with E-state index in [2.05, 4.69) is 30.1 Å². The summed E-state index contributed by atoms with van der Waals surface area (Å²) in [6, 6.07) is 0. The smallest absolute Gasteiger partial charge is 0.136 e. The van der Waals surface area contributed by atoms with E-state index in [1.807, 2.05) is 0 Å². The number of rotatable bonds is 1. The van der Waals surface area contributed by atoms with Crippen molar-refractivity contribution in [2.24, 2.45) is 5.92 Å². The Morgan fingerprint density at radius 1 is 1.33 bits per heavy atom. The van der Waals surface area contributed by atoms with Crippen LogP contribution in [0.4, 0.5) is 0 Å². The highest BCUT2D eigenvalue weighted by Gasteiger charge is 2.27. The van der Waals surface area contributed by atoms with Crippen molar-refractivity contribution >= 4 is 23.5 Å². The molecule has 2 atom stereocenters. The molecule has 0 aliphatic carbocycles. The first-order valence-electron chi connectivity index (χ1n) is 4.53. The minimum atomic E-state index is 0.608. The number of thioether (sulfide) groups is 2. The van der Waals surface area contributed by atoms with Crippen LogP contribution < -0.4 is 0 Å². The normalized spacial score (nSPS) is 38.0. The number of ether oxygens (including phenoxy) is 1. The zero-order valence-electron chi connectivity index (χ0n) is 7.12. The van der Waals surface area contributed by atoms with E-state index in [1.54, 1.807) is 0 Å². The summed E-state index contributed by atoms with van der Waals surface area (Å²) in [6.45, 7) is 4.04. The lowest BCUT2D eigenvalue weighted by molar-refractivity contribution is 0.117. The van der Waals surface area contributed by atoms with Gasteiger partial charge < -0.3 is 4.74 Å². The van der Waals surface area contributed by atoms with Gasteiger partial charge >= 0.3 is 0 Å². The minimum Gasteiger partial charge on any atom is -0.368 e. The molecule has 2 heterocycles. The maximum atomic E-state index is 5.26. The van der Waals surface area contributed by atoms with Crippen LogP contribution in [0.1, 0.15) is 12.8 Å². The van der Waals surface area contributed by atoms with Crippen molar-refractivity contribution in [3.05, 3.63) is 6.61 Å². The van der Waals surface area contributed by atoms with Gasteiger partial charge in [0.25, 0.3) is 0 Å². The van der Waals surface area contributed by atoms with E-state index in [1.165, 1.54) is 30.1 Å². The quantitative estimate of drug-likeness (QED) is 0.646. The fraction of sp³-hybridized carbons (Fsp3) is 0.889. The van der Waals surface area contributed by atoms with Gasteiger partial charge in [-0.05, 0) is 12.8 Å². The van der Waals surface area contributed by atoms with Crippen LogP contribution in [-0.4, -0.2) is 29.1 Å². The maximum Gasteiger partial charge on any atom is 0.136 e. The second-order valence-corrected chi connectivity index (χ2v) is 5.70. The average Bonchev–Trinajstić information content (AvgIpc) is 2.21. The van der Waals surface area contributed by atoms with Gasteiger partial charge in [0, 0.05) is 35.0 Å². The van der Waals surface area contributed by atoms with Crippen molar-refractivity contribution in [3.63, 3.8) is 0 Å². The predicted octanol–water partition coefficient (Wildman–Crippen LogP) is 2.30. The zero-order chi connectivity index (χ0) is 8.23. The van der Waals surface area contributed by atoms with Gasteiger partial charge in [-0.15, -0.1) is 0 Å². The molecule has 0 spiro atoms. The first-order chi connectivity index (χ1) is 5.97. The molecule has 0 N–H and O–H groups in total. The third-order valence-electron chi connectivity index (χ3n) is 2.29. The van der Waals surface area contributed by atoms with Crippen molar-refractivity contribution in [1.82, 2.24) is 0 Å². The lowest BCUT2D eigenvalue weighted by atomic mass is 9.99. The molecule has 2 radical (unpaired) electrons. The molecule has 1 nitrogen and oxygen atoms in total. The molecule has 0 amide bonds. The highest BCUT2D eigenvalue weighted by Crippen LogP contribution is 2.34. The minimum absolute atomic E-state index is 0.608. The fourth-order valence-corrected chi connectivity index (χ4v) is 4.49. The van der Waals surface area contributed by atoms with Gasteiger partial charge in [-0.25, -0.2) is 0 Å². The Morgan fingerprint density at radius 2 is 2.33 bits per heavy atom. The molecular formula is C9H14OS2. The predicted molar refractivity (Wildman–Crippen MR) is 55.5 cm³/mol. The molecular weight excluding hydrogens is 188 g/mol. The van der Waals surface area contributed by atoms with E-state index in [9.17, 15) is 0 Å². The molecule has 3 heteroatoms. The van der Waals surface area contributed by atoms with Crippen LogP contribution in [0.15, 0.2) is 0 Å². The molecule has 68 valence electrons. The Labute approximate surface area is 83.0 Å². The second kappa shape index (κ2) is 4.77. The first kappa shape index (κ1) is 9.22. The highest BCUT2D eigenvalue weighted by atomic mass is 32.2. The van der Waals surface area contributed by atoms with Crippen LogP contribution in [0.3, 0.4) is 0 Å². The maximum absolute atomic E-state index is 5.26. The van der Waals surface area contributed by atoms with E-state index < -0.39 is 0 Å². The summed E-state index contributed by atoms with van der Waals surface area (Å²) in [5, 5.41) is 0.782. The first-order valence-corrected chi connectivity index (χ1v) is 6.74. The lowest BCUT2D eigenvalue weighted by Crippen LogP contribution is -2.28. The molecule has 2 aliphatic rings. The van der Waals surface area contributed by atoms with Crippen molar-refractivity contribution in [2.75, 3.05) is 23.9 Å². The summed E-state index contributed by atoms with van der Waals surface area (Å²) >= 11 is 4.19. The summed E-state index contributed by atoms with van der Waals surface area (Å²) in [4.78, 5) is 0.